The Hall–Kier alpha value is -2.52. The van der Waals surface area contributed by atoms with Gasteiger partial charge in [0.2, 0.25) is 0 Å². The zero-order valence-electron chi connectivity index (χ0n) is 11.8. The van der Waals surface area contributed by atoms with Crippen molar-refractivity contribution in [3.63, 3.8) is 0 Å². The molecule has 0 radical (unpaired) electrons. The van der Waals surface area contributed by atoms with Gasteiger partial charge >= 0.3 is 0 Å². The van der Waals surface area contributed by atoms with Crippen LogP contribution in [0.25, 0.3) is 11.3 Å². The topological polar surface area (TPSA) is 42.2 Å². The first-order chi connectivity index (χ1) is 10.7. The lowest BCUT2D eigenvalue weighted by atomic mass is 10.2. The first-order valence-corrected chi connectivity index (χ1v) is 7.29. The molecule has 3 aromatic rings. The molecule has 2 aromatic carbocycles. The van der Waals surface area contributed by atoms with Crippen LogP contribution in [0.3, 0.4) is 0 Å². The van der Waals surface area contributed by atoms with Crippen LogP contribution in [0.1, 0.15) is 16.1 Å². The lowest BCUT2D eigenvalue weighted by molar-refractivity contribution is 0.0924. The van der Waals surface area contributed by atoms with Gasteiger partial charge in [0.05, 0.1) is 5.02 Å². The van der Waals surface area contributed by atoms with Gasteiger partial charge in [0.1, 0.15) is 5.76 Å². The molecule has 3 nitrogen and oxygen atoms in total. The second kappa shape index (κ2) is 6.50. The van der Waals surface area contributed by atoms with E-state index in [0.717, 1.165) is 11.1 Å². The Balaban J connectivity index is 1.71. The summed E-state index contributed by atoms with van der Waals surface area (Å²) in [4.78, 5) is 12.1. The minimum atomic E-state index is -0.248. The summed E-state index contributed by atoms with van der Waals surface area (Å²) in [7, 11) is 0. The number of carbonyl (C=O) groups is 1. The minimum Gasteiger partial charge on any atom is -0.451 e. The monoisotopic (exact) mass is 311 g/mol. The Bertz CT molecular complexity index is 781. The SMILES string of the molecule is O=C(NCc1ccccc1)c1ccc(-c2ccccc2Cl)o1. The molecule has 0 fully saturated rings. The van der Waals surface area contributed by atoms with Gasteiger partial charge in [0.25, 0.3) is 5.91 Å². The number of rotatable bonds is 4. The molecular formula is C18H14ClNO2. The number of furan rings is 1. The van der Waals surface area contributed by atoms with Crippen molar-refractivity contribution in [2.24, 2.45) is 0 Å². The third-order valence-electron chi connectivity index (χ3n) is 3.26. The number of carbonyl (C=O) groups excluding carboxylic acids is 1. The van der Waals surface area contributed by atoms with Gasteiger partial charge in [-0.2, -0.15) is 0 Å². The van der Waals surface area contributed by atoms with Crippen molar-refractivity contribution >= 4 is 17.5 Å². The fourth-order valence-electron chi connectivity index (χ4n) is 2.13. The average Bonchev–Trinajstić information content (AvgIpc) is 3.04. The molecule has 4 heteroatoms. The molecule has 0 aliphatic carbocycles. The maximum absolute atomic E-state index is 12.1. The van der Waals surface area contributed by atoms with E-state index in [2.05, 4.69) is 5.32 Å². The van der Waals surface area contributed by atoms with Crippen LogP contribution in [-0.4, -0.2) is 5.91 Å². The maximum Gasteiger partial charge on any atom is 0.287 e. The first-order valence-electron chi connectivity index (χ1n) is 6.91. The highest BCUT2D eigenvalue weighted by molar-refractivity contribution is 6.33. The number of hydrogen-bond acceptors (Lipinski definition) is 2. The van der Waals surface area contributed by atoms with Crippen LogP contribution in [0.15, 0.2) is 71.1 Å². The fourth-order valence-corrected chi connectivity index (χ4v) is 2.36. The van der Waals surface area contributed by atoms with Crippen LogP contribution in [0.2, 0.25) is 5.02 Å². The van der Waals surface area contributed by atoms with E-state index in [1.807, 2.05) is 48.5 Å². The van der Waals surface area contributed by atoms with E-state index in [9.17, 15) is 4.79 Å². The average molecular weight is 312 g/mol. The van der Waals surface area contributed by atoms with E-state index < -0.39 is 0 Å². The molecule has 0 atom stereocenters. The molecule has 0 spiro atoms. The number of halogens is 1. The lowest BCUT2D eigenvalue weighted by Gasteiger charge is -2.03. The third-order valence-corrected chi connectivity index (χ3v) is 3.59. The molecule has 0 aliphatic rings. The zero-order chi connectivity index (χ0) is 15.4. The van der Waals surface area contributed by atoms with Crippen LogP contribution in [-0.2, 0) is 6.54 Å². The Morgan fingerprint density at radius 2 is 1.68 bits per heavy atom. The number of nitrogens with one attached hydrogen (secondary N) is 1. The number of amides is 1. The van der Waals surface area contributed by atoms with Crippen molar-refractivity contribution < 1.29 is 9.21 Å². The summed E-state index contributed by atoms with van der Waals surface area (Å²) in [5.41, 5.74) is 1.81. The lowest BCUT2D eigenvalue weighted by Crippen LogP contribution is -2.22. The van der Waals surface area contributed by atoms with Crippen molar-refractivity contribution in [1.82, 2.24) is 5.32 Å². The third kappa shape index (κ3) is 3.21. The normalized spacial score (nSPS) is 10.4. The van der Waals surface area contributed by atoms with E-state index in [0.29, 0.717) is 17.3 Å². The van der Waals surface area contributed by atoms with Gasteiger partial charge in [-0.25, -0.2) is 0 Å². The van der Waals surface area contributed by atoms with Crippen molar-refractivity contribution in [2.75, 3.05) is 0 Å². The quantitative estimate of drug-likeness (QED) is 0.769. The number of benzene rings is 2. The van der Waals surface area contributed by atoms with E-state index in [4.69, 9.17) is 16.0 Å². The summed E-state index contributed by atoms with van der Waals surface area (Å²) in [6.07, 6.45) is 0. The van der Waals surface area contributed by atoms with Crippen molar-refractivity contribution in [1.29, 1.82) is 0 Å². The zero-order valence-corrected chi connectivity index (χ0v) is 12.5. The van der Waals surface area contributed by atoms with Crippen molar-refractivity contribution in [3.05, 3.63) is 83.1 Å². The Morgan fingerprint density at radius 3 is 2.45 bits per heavy atom. The molecule has 3 rings (SSSR count). The van der Waals surface area contributed by atoms with Gasteiger partial charge < -0.3 is 9.73 Å². The van der Waals surface area contributed by atoms with Crippen LogP contribution in [0, 0.1) is 0 Å². The first kappa shape index (κ1) is 14.4. The summed E-state index contributed by atoms with van der Waals surface area (Å²) in [6, 6.07) is 20.5. The van der Waals surface area contributed by atoms with Gasteiger partial charge in [-0.05, 0) is 29.8 Å². The van der Waals surface area contributed by atoms with Gasteiger partial charge in [0.15, 0.2) is 5.76 Å². The summed E-state index contributed by atoms with van der Waals surface area (Å²) in [5, 5.41) is 3.42. The van der Waals surface area contributed by atoms with Gasteiger partial charge in [-0.3, -0.25) is 4.79 Å². The molecule has 0 saturated heterocycles. The molecule has 1 amide bonds. The molecule has 22 heavy (non-hydrogen) atoms. The van der Waals surface area contributed by atoms with Crippen LogP contribution >= 0.6 is 11.6 Å². The highest BCUT2D eigenvalue weighted by Gasteiger charge is 2.13. The Labute approximate surface area is 133 Å². The molecule has 0 unspecified atom stereocenters. The van der Waals surface area contributed by atoms with Crippen molar-refractivity contribution in [2.45, 2.75) is 6.54 Å². The van der Waals surface area contributed by atoms with Crippen LogP contribution in [0.4, 0.5) is 0 Å². The van der Waals surface area contributed by atoms with E-state index >= 15 is 0 Å². The largest absolute Gasteiger partial charge is 0.451 e. The molecule has 1 aromatic heterocycles. The molecule has 0 bridgehead atoms. The second-order valence-electron chi connectivity index (χ2n) is 4.81. The van der Waals surface area contributed by atoms with Gasteiger partial charge in [-0.1, -0.05) is 54.1 Å². The fraction of sp³-hybridized carbons (Fsp3) is 0.0556. The molecular weight excluding hydrogens is 298 g/mol. The summed E-state index contributed by atoms with van der Waals surface area (Å²) in [6.45, 7) is 0.460. The van der Waals surface area contributed by atoms with Crippen LogP contribution < -0.4 is 5.32 Å². The molecule has 1 heterocycles. The maximum atomic E-state index is 12.1. The standard InChI is InChI=1S/C18H14ClNO2/c19-15-9-5-4-8-14(15)16-10-11-17(22-16)18(21)20-12-13-6-2-1-3-7-13/h1-11H,12H2,(H,20,21). The van der Waals surface area contributed by atoms with E-state index in [-0.39, 0.29) is 11.7 Å². The van der Waals surface area contributed by atoms with Crippen LogP contribution in [0.5, 0.6) is 0 Å². The summed E-state index contributed by atoms with van der Waals surface area (Å²) in [5.74, 6) is 0.600. The molecule has 0 saturated carbocycles. The molecule has 110 valence electrons. The van der Waals surface area contributed by atoms with Gasteiger partial charge in [0, 0.05) is 12.1 Å². The summed E-state index contributed by atoms with van der Waals surface area (Å²) >= 11 is 6.13. The second-order valence-corrected chi connectivity index (χ2v) is 5.22. The predicted molar refractivity (Wildman–Crippen MR) is 86.8 cm³/mol. The highest BCUT2D eigenvalue weighted by atomic mass is 35.5. The van der Waals surface area contributed by atoms with Gasteiger partial charge in [-0.15, -0.1) is 0 Å². The van der Waals surface area contributed by atoms with E-state index in [1.54, 1.807) is 18.2 Å². The highest BCUT2D eigenvalue weighted by Crippen LogP contribution is 2.28. The Morgan fingerprint density at radius 1 is 0.955 bits per heavy atom. The molecule has 1 N–H and O–H groups in total. The minimum absolute atomic E-state index is 0.248. The van der Waals surface area contributed by atoms with E-state index in [1.165, 1.54) is 0 Å². The van der Waals surface area contributed by atoms with Crippen molar-refractivity contribution in [3.8, 4) is 11.3 Å². The summed E-state index contributed by atoms with van der Waals surface area (Å²) < 4.78 is 5.60. The molecule has 0 aliphatic heterocycles. The number of hydrogen-bond donors (Lipinski definition) is 1. The predicted octanol–water partition coefficient (Wildman–Crippen LogP) is 4.53. The smallest absolute Gasteiger partial charge is 0.287 e. The Kier molecular flexibility index (Phi) is 4.26.